The fourth-order valence-corrected chi connectivity index (χ4v) is 1.94. The molecule has 0 aromatic rings. The highest BCUT2D eigenvalue weighted by Crippen LogP contribution is 1.97. The zero-order chi connectivity index (χ0) is 15.9. The van der Waals surface area contributed by atoms with Crippen molar-refractivity contribution < 1.29 is 14.7 Å². The lowest BCUT2D eigenvalue weighted by molar-refractivity contribution is -0.121. The number of nitrogens with one attached hydrogen (secondary N) is 2. The van der Waals surface area contributed by atoms with E-state index in [1.54, 1.807) is 0 Å². The summed E-state index contributed by atoms with van der Waals surface area (Å²) in [6.07, 6.45) is 1.41. The smallest absolute Gasteiger partial charge is 0.221 e. The lowest BCUT2D eigenvalue weighted by atomic mass is 10.3. The molecule has 0 rings (SSSR count). The van der Waals surface area contributed by atoms with Gasteiger partial charge in [0.25, 0.3) is 0 Å². The second-order valence-corrected chi connectivity index (χ2v) is 5.46. The highest BCUT2D eigenvalue weighted by atomic mass is 32.1. The van der Waals surface area contributed by atoms with Crippen molar-refractivity contribution in [2.45, 2.75) is 19.3 Å². The number of carbonyl (C=O) groups is 2. The quantitative estimate of drug-likeness (QED) is 0.295. The molecule has 0 fully saturated rings. The molecule has 0 heterocycles. The van der Waals surface area contributed by atoms with E-state index in [4.69, 9.17) is 5.11 Å². The highest BCUT2D eigenvalue weighted by Gasteiger charge is 2.10. The monoisotopic (exact) mass is 337 g/mol. The Hall–Kier alpha value is -0.440. The third kappa shape index (κ3) is 13.0. The Bertz CT molecular complexity index is 270. The Balaban J connectivity index is 4.01. The van der Waals surface area contributed by atoms with Crippen molar-refractivity contribution in [1.82, 2.24) is 15.5 Å². The number of amides is 2. The molecule has 0 radical (unpaired) electrons. The molecule has 0 saturated heterocycles. The minimum atomic E-state index is -0.0161. The van der Waals surface area contributed by atoms with E-state index in [0.29, 0.717) is 63.5 Å². The van der Waals surface area contributed by atoms with Gasteiger partial charge >= 0.3 is 0 Å². The van der Waals surface area contributed by atoms with Crippen molar-refractivity contribution in [3.63, 3.8) is 0 Å². The Labute approximate surface area is 137 Å². The molecule has 0 aliphatic heterocycles. The largest absolute Gasteiger partial charge is 0.396 e. The van der Waals surface area contributed by atoms with Crippen LogP contribution in [0.5, 0.6) is 0 Å². The van der Waals surface area contributed by atoms with Crippen molar-refractivity contribution >= 4 is 37.1 Å². The van der Waals surface area contributed by atoms with Crippen LogP contribution in [0, 0.1) is 0 Å². The molecule has 124 valence electrons. The van der Waals surface area contributed by atoms with Gasteiger partial charge < -0.3 is 20.6 Å². The molecule has 0 bridgehead atoms. The number of thiol groups is 2. The molecule has 0 atom stereocenters. The summed E-state index contributed by atoms with van der Waals surface area (Å²) in [6.45, 7) is 3.07. The summed E-state index contributed by atoms with van der Waals surface area (Å²) < 4.78 is 0. The number of hydrogen-bond acceptors (Lipinski definition) is 6. The average Bonchev–Trinajstić information content (AvgIpc) is 2.49. The summed E-state index contributed by atoms with van der Waals surface area (Å²) in [5, 5.41) is 14.4. The number of hydrogen-bond donors (Lipinski definition) is 5. The summed E-state index contributed by atoms with van der Waals surface area (Å²) in [7, 11) is 0. The van der Waals surface area contributed by atoms with Crippen molar-refractivity contribution in [2.75, 3.05) is 50.8 Å². The molecule has 8 heteroatoms. The second-order valence-electron chi connectivity index (χ2n) is 4.57. The molecule has 21 heavy (non-hydrogen) atoms. The Morgan fingerprint density at radius 3 is 1.76 bits per heavy atom. The van der Waals surface area contributed by atoms with Crippen LogP contribution in [0.1, 0.15) is 19.3 Å². The second kappa shape index (κ2) is 14.5. The van der Waals surface area contributed by atoms with Crippen molar-refractivity contribution in [3.05, 3.63) is 0 Å². The minimum absolute atomic E-state index is 0.0161. The van der Waals surface area contributed by atoms with Gasteiger partial charge in [0.2, 0.25) is 11.8 Å². The Kier molecular flexibility index (Phi) is 14.2. The van der Waals surface area contributed by atoms with Gasteiger partial charge in [0, 0.05) is 63.7 Å². The van der Waals surface area contributed by atoms with Crippen molar-refractivity contribution in [1.29, 1.82) is 0 Å². The third-order valence-corrected chi connectivity index (χ3v) is 3.26. The van der Waals surface area contributed by atoms with Crippen molar-refractivity contribution in [3.8, 4) is 0 Å². The molecular formula is C13H27N3O3S2. The number of aliphatic hydroxyl groups is 1. The normalized spacial score (nSPS) is 10.7. The summed E-state index contributed by atoms with van der Waals surface area (Å²) >= 11 is 8.06. The Morgan fingerprint density at radius 1 is 0.905 bits per heavy atom. The minimum Gasteiger partial charge on any atom is -0.396 e. The summed E-state index contributed by atoms with van der Waals surface area (Å²) in [6, 6.07) is 0. The van der Waals surface area contributed by atoms with Crippen LogP contribution in [-0.2, 0) is 9.59 Å². The fraction of sp³-hybridized carbons (Fsp3) is 0.846. The molecule has 0 aromatic carbocycles. The van der Waals surface area contributed by atoms with Crippen LogP contribution in [0.2, 0.25) is 0 Å². The first-order chi connectivity index (χ1) is 10.1. The maximum Gasteiger partial charge on any atom is 0.221 e. The van der Waals surface area contributed by atoms with Crippen LogP contribution in [-0.4, -0.2) is 72.7 Å². The predicted octanol–water partition coefficient (Wildman–Crippen LogP) is -0.457. The van der Waals surface area contributed by atoms with Crippen LogP contribution in [0.15, 0.2) is 0 Å². The summed E-state index contributed by atoms with van der Waals surface area (Å²) in [4.78, 5) is 25.1. The summed E-state index contributed by atoms with van der Waals surface area (Å²) in [5.41, 5.74) is 0. The van der Waals surface area contributed by atoms with E-state index >= 15 is 0 Å². The van der Waals surface area contributed by atoms with E-state index in [0.717, 1.165) is 0 Å². The highest BCUT2D eigenvalue weighted by molar-refractivity contribution is 7.80. The van der Waals surface area contributed by atoms with Gasteiger partial charge in [-0.15, -0.1) is 0 Å². The van der Waals surface area contributed by atoms with Gasteiger partial charge in [-0.1, -0.05) is 0 Å². The molecule has 3 N–H and O–H groups in total. The van der Waals surface area contributed by atoms with Crippen LogP contribution in [0.3, 0.4) is 0 Å². The third-order valence-electron chi connectivity index (χ3n) is 2.81. The van der Waals surface area contributed by atoms with E-state index in [1.165, 1.54) is 0 Å². The van der Waals surface area contributed by atoms with E-state index in [1.807, 2.05) is 4.90 Å². The summed E-state index contributed by atoms with van der Waals surface area (Å²) in [5.74, 6) is 1.20. The molecule has 0 aliphatic rings. The molecule has 0 aromatic heterocycles. The maximum atomic E-state index is 11.6. The predicted molar refractivity (Wildman–Crippen MR) is 91.1 cm³/mol. The first-order valence-corrected chi connectivity index (χ1v) is 8.48. The first kappa shape index (κ1) is 20.6. The molecule has 6 nitrogen and oxygen atoms in total. The van der Waals surface area contributed by atoms with Gasteiger partial charge in [-0.05, 0) is 6.42 Å². The maximum absolute atomic E-state index is 11.6. The standard InChI is InChI=1S/C13H27N3O3S2/c17-9-1-6-16(7-2-12(18)14-4-10-20)8-3-13(19)15-5-11-21/h17,20-21H,1-11H2,(H,14,18)(H,15,19). The molecule has 0 aliphatic carbocycles. The molecule has 0 spiro atoms. The topological polar surface area (TPSA) is 81.7 Å². The number of rotatable bonds is 13. The number of aliphatic hydroxyl groups excluding tert-OH is 1. The van der Waals surface area contributed by atoms with Gasteiger partial charge in [0.15, 0.2) is 0 Å². The van der Waals surface area contributed by atoms with Gasteiger partial charge in [-0.25, -0.2) is 0 Å². The van der Waals surface area contributed by atoms with Gasteiger partial charge in [-0.3, -0.25) is 9.59 Å². The lowest BCUT2D eigenvalue weighted by Gasteiger charge is -2.21. The number of carbonyl (C=O) groups excluding carboxylic acids is 2. The van der Waals surface area contributed by atoms with Gasteiger partial charge in [0.1, 0.15) is 0 Å². The molecule has 2 amide bonds. The van der Waals surface area contributed by atoms with Crippen LogP contribution >= 0.6 is 25.3 Å². The first-order valence-electron chi connectivity index (χ1n) is 7.22. The van der Waals surface area contributed by atoms with Crippen LogP contribution in [0.25, 0.3) is 0 Å². The SMILES string of the molecule is O=C(CCN(CCCO)CCC(=O)NCCS)NCCS. The lowest BCUT2D eigenvalue weighted by Crippen LogP contribution is -2.35. The Morgan fingerprint density at radius 2 is 1.38 bits per heavy atom. The van der Waals surface area contributed by atoms with E-state index in [-0.39, 0.29) is 18.4 Å². The number of nitrogens with zero attached hydrogens (tertiary/aromatic N) is 1. The van der Waals surface area contributed by atoms with Crippen molar-refractivity contribution in [2.24, 2.45) is 0 Å². The molecule has 0 unspecified atom stereocenters. The van der Waals surface area contributed by atoms with Crippen LogP contribution < -0.4 is 10.6 Å². The molecule has 0 saturated carbocycles. The van der Waals surface area contributed by atoms with Gasteiger partial charge in [-0.2, -0.15) is 25.3 Å². The van der Waals surface area contributed by atoms with Gasteiger partial charge in [0.05, 0.1) is 0 Å². The van der Waals surface area contributed by atoms with E-state index in [2.05, 4.69) is 35.9 Å². The average molecular weight is 338 g/mol. The zero-order valence-corrected chi connectivity index (χ0v) is 14.2. The fourth-order valence-electron chi connectivity index (χ4n) is 1.72. The van der Waals surface area contributed by atoms with E-state index < -0.39 is 0 Å². The van der Waals surface area contributed by atoms with Crippen LogP contribution in [0.4, 0.5) is 0 Å². The molecular weight excluding hydrogens is 310 g/mol. The van der Waals surface area contributed by atoms with E-state index in [9.17, 15) is 9.59 Å². The zero-order valence-electron chi connectivity index (χ0n) is 12.4.